The van der Waals surface area contributed by atoms with E-state index in [1.54, 1.807) is 5.01 Å². The third-order valence-corrected chi connectivity index (χ3v) is 4.67. The number of carbonyl (C=O) groups is 2. The van der Waals surface area contributed by atoms with Crippen molar-refractivity contribution in [2.24, 2.45) is 5.73 Å². The van der Waals surface area contributed by atoms with Crippen molar-refractivity contribution in [3.8, 4) is 0 Å². The van der Waals surface area contributed by atoms with Gasteiger partial charge in [-0.15, -0.1) is 0 Å². The summed E-state index contributed by atoms with van der Waals surface area (Å²) < 4.78 is 4.84. The smallest absolute Gasteiger partial charge is 0.374 e. The zero-order chi connectivity index (χ0) is 19.8. The van der Waals surface area contributed by atoms with Gasteiger partial charge in [0.1, 0.15) is 6.04 Å². The molecule has 1 atom stereocenters. The second-order valence-electron chi connectivity index (χ2n) is 6.87. The molecule has 3 rings (SSSR count). The van der Waals surface area contributed by atoms with E-state index in [0.717, 1.165) is 25.2 Å². The van der Waals surface area contributed by atoms with Crippen LogP contribution in [0.3, 0.4) is 0 Å². The van der Waals surface area contributed by atoms with Gasteiger partial charge >= 0.3 is 12.1 Å². The molecular weight excluding hydrogens is 356 g/mol. The minimum atomic E-state index is -0.879. The van der Waals surface area contributed by atoms with Gasteiger partial charge in [-0.25, -0.2) is 14.6 Å². The number of nitrogens with one attached hydrogen (secondary N) is 1. The number of hydrogen-bond donors (Lipinski definition) is 2. The van der Waals surface area contributed by atoms with Crippen LogP contribution in [0.2, 0.25) is 0 Å². The molecule has 3 N–H and O–H groups in total. The average Bonchev–Trinajstić information content (AvgIpc) is 2.71. The van der Waals surface area contributed by atoms with Crippen molar-refractivity contribution in [1.29, 1.82) is 0 Å². The van der Waals surface area contributed by atoms with E-state index in [2.05, 4.69) is 22.5 Å². The van der Waals surface area contributed by atoms with E-state index in [1.807, 2.05) is 48.5 Å². The van der Waals surface area contributed by atoms with Gasteiger partial charge in [-0.3, -0.25) is 10.3 Å². The molecule has 1 saturated heterocycles. The lowest BCUT2D eigenvalue weighted by Crippen LogP contribution is -2.54. The highest BCUT2D eigenvalue weighted by Crippen LogP contribution is 2.08. The van der Waals surface area contributed by atoms with Crippen LogP contribution in [-0.4, -0.2) is 54.2 Å². The summed E-state index contributed by atoms with van der Waals surface area (Å²) in [6, 6.07) is 18.8. The Bertz CT molecular complexity index is 762. The highest BCUT2D eigenvalue weighted by Gasteiger charge is 2.23. The Kier molecular flexibility index (Phi) is 7.13. The van der Waals surface area contributed by atoms with Crippen molar-refractivity contribution < 1.29 is 14.3 Å². The molecule has 0 unspecified atom stereocenters. The fourth-order valence-electron chi connectivity index (χ4n) is 3.13. The van der Waals surface area contributed by atoms with Crippen LogP contribution in [0.4, 0.5) is 4.79 Å². The van der Waals surface area contributed by atoms with E-state index >= 15 is 0 Å². The van der Waals surface area contributed by atoms with Crippen molar-refractivity contribution >= 4 is 12.1 Å². The van der Waals surface area contributed by atoms with Crippen molar-refractivity contribution in [1.82, 2.24) is 15.3 Å². The zero-order valence-electron chi connectivity index (χ0n) is 15.8. The van der Waals surface area contributed by atoms with E-state index in [9.17, 15) is 9.59 Å². The zero-order valence-corrected chi connectivity index (χ0v) is 15.8. The molecule has 1 fully saturated rings. The third-order valence-electron chi connectivity index (χ3n) is 4.67. The minimum absolute atomic E-state index is 0.325. The molecule has 7 nitrogen and oxygen atoms in total. The van der Waals surface area contributed by atoms with Crippen LogP contribution in [0.1, 0.15) is 11.1 Å². The molecule has 1 aliphatic heterocycles. The summed E-state index contributed by atoms with van der Waals surface area (Å²) in [5.41, 5.74) is 10.7. The van der Waals surface area contributed by atoms with E-state index < -0.39 is 18.1 Å². The second kappa shape index (κ2) is 9.98. The number of amides is 1. The largest absolute Gasteiger partial charge is 0.429 e. The van der Waals surface area contributed by atoms with Crippen molar-refractivity contribution in [3.63, 3.8) is 0 Å². The maximum absolute atomic E-state index is 12.0. The lowest BCUT2D eigenvalue weighted by atomic mass is 10.1. The Morgan fingerprint density at radius 1 is 0.929 bits per heavy atom. The Labute approximate surface area is 165 Å². The summed E-state index contributed by atoms with van der Waals surface area (Å²) >= 11 is 0. The van der Waals surface area contributed by atoms with Gasteiger partial charge in [0, 0.05) is 32.7 Å². The molecule has 7 heteroatoms. The average molecular weight is 382 g/mol. The molecule has 0 radical (unpaired) electrons. The number of ether oxygens (including phenoxy) is 1. The molecule has 0 saturated carbocycles. The van der Waals surface area contributed by atoms with Crippen LogP contribution >= 0.6 is 0 Å². The van der Waals surface area contributed by atoms with Crippen molar-refractivity contribution in [2.75, 3.05) is 26.2 Å². The van der Waals surface area contributed by atoms with Gasteiger partial charge in [0.25, 0.3) is 0 Å². The summed E-state index contributed by atoms with van der Waals surface area (Å²) in [4.78, 5) is 26.3. The summed E-state index contributed by atoms with van der Waals surface area (Å²) in [5.74, 6) is -0.732. The van der Waals surface area contributed by atoms with Crippen LogP contribution in [0, 0.1) is 0 Å². The molecule has 1 amide bonds. The number of nitrogens with zero attached hydrogens (tertiary/aromatic N) is 2. The standard InChI is InChI=1S/C21H26N4O3/c22-19(15-17-7-3-1-4-8-17)20(26)28-21(27)23-25-13-11-24(12-14-25)16-18-9-5-2-6-10-18/h1-10,19H,11-16,22H2,(H,23,27)/t19-/m1/s1. The Morgan fingerprint density at radius 3 is 2.11 bits per heavy atom. The fourth-order valence-corrected chi connectivity index (χ4v) is 3.13. The molecule has 0 aliphatic carbocycles. The molecule has 2 aromatic rings. The predicted octanol–water partition coefficient (Wildman–Crippen LogP) is 1.54. The van der Waals surface area contributed by atoms with Gasteiger partial charge in [-0.1, -0.05) is 60.7 Å². The number of carbonyl (C=O) groups excluding carboxylic acids is 2. The fraction of sp³-hybridized carbons (Fsp3) is 0.333. The van der Waals surface area contributed by atoms with E-state index in [1.165, 1.54) is 5.56 Å². The van der Waals surface area contributed by atoms with E-state index in [0.29, 0.717) is 19.5 Å². The first-order valence-corrected chi connectivity index (χ1v) is 9.43. The molecule has 148 valence electrons. The number of benzene rings is 2. The van der Waals surface area contributed by atoms with Crippen molar-refractivity contribution in [3.05, 3.63) is 71.8 Å². The van der Waals surface area contributed by atoms with Crippen LogP contribution < -0.4 is 11.2 Å². The van der Waals surface area contributed by atoms with Crippen LogP contribution in [0.5, 0.6) is 0 Å². The van der Waals surface area contributed by atoms with Crippen LogP contribution in [0.15, 0.2) is 60.7 Å². The number of esters is 1. The predicted molar refractivity (Wildman–Crippen MR) is 106 cm³/mol. The molecule has 1 aliphatic rings. The van der Waals surface area contributed by atoms with Gasteiger partial charge in [0.15, 0.2) is 0 Å². The molecular formula is C21H26N4O3. The molecule has 2 aromatic carbocycles. The van der Waals surface area contributed by atoms with Crippen molar-refractivity contribution in [2.45, 2.75) is 19.0 Å². The van der Waals surface area contributed by atoms with Crippen LogP contribution in [0.25, 0.3) is 0 Å². The number of hydrazine groups is 1. The number of hydrogen-bond acceptors (Lipinski definition) is 6. The SMILES string of the molecule is N[C@H](Cc1ccccc1)C(=O)OC(=O)NN1CCN(Cc2ccccc2)CC1. The third kappa shape index (κ3) is 6.16. The molecule has 1 heterocycles. The summed E-state index contributed by atoms with van der Waals surface area (Å²) in [6.45, 7) is 3.83. The maximum atomic E-state index is 12.0. The molecule has 28 heavy (non-hydrogen) atoms. The van der Waals surface area contributed by atoms with E-state index in [4.69, 9.17) is 10.5 Å². The first-order valence-electron chi connectivity index (χ1n) is 9.43. The van der Waals surface area contributed by atoms with Gasteiger partial charge < -0.3 is 10.5 Å². The number of rotatable bonds is 6. The normalized spacial score (nSPS) is 16.3. The highest BCUT2D eigenvalue weighted by molar-refractivity contribution is 5.87. The highest BCUT2D eigenvalue weighted by atomic mass is 16.6. The maximum Gasteiger partial charge on any atom is 0.429 e. The van der Waals surface area contributed by atoms with Gasteiger partial charge in [-0.05, 0) is 17.5 Å². The van der Waals surface area contributed by atoms with Gasteiger partial charge in [0.2, 0.25) is 0 Å². The first-order chi connectivity index (χ1) is 13.6. The second-order valence-corrected chi connectivity index (χ2v) is 6.87. The molecule has 0 bridgehead atoms. The monoisotopic (exact) mass is 382 g/mol. The van der Waals surface area contributed by atoms with Gasteiger partial charge in [-0.2, -0.15) is 0 Å². The summed E-state index contributed by atoms with van der Waals surface area (Å²) in [5, 5.41) is 1.76. The lowest BCUT2D eigenvalue weighted by molar-refractivity contribution is -0.139. The van der Waals surface area contributed by atoms with Crippen LogP contribution in [-0.2, 0) is 22.5 Å². The lowest BCUT2D eigenvalue weighted by Gasteiger charge is -2.34. The quantitative estimate of drug-likeness (QED) is 0.582. The Hall–Kier alpha value is -2.74. The Morgan fingerprint density at radius 2 is 1.50 bits per heavy atom. The first kappa shape index (κ1) is 20.0. The molecule has 0 aromatic heterocycles. The molecule has 0 spiro atoms. The summed E-state index contributed by atoms with van der Waals surface area (Å²) in [7, 11) is 0. The van der Waals surface area contributed by atoms with E-state index in [-0.39, 0.29) is 0 Å². The van der Waals surface area contributed by atoms with Gasteiger partial charge in [0.05, 0.1) is 0 Å². The number of piperazine rings is 1. The Balaban J connectivity index is 1.37. The number of nitrogens with two attached hydrogens (primary N) is 1. The summed E-state index contributed by atoms with van der Waals surface area (Å²) in [6.07, 6.45) is -0.463. The topological polar surface area (TPSA) is 87.9 Å². The minimum Gasteiger partial charge on any atom is -0.374 e.